The number of Topliss-reactive ketones (excluding diaryl/α,β-unsaturated/α-hetero) is 1. The molecule has 0 bridgehead atoms. The number of carbonyl (C=O) groups excluding carboxylic acids is 2. The lowest BCUT2D eigenvalue weighted by molar-refractivity contribution is 0.0787. The Bertz CT molecular complexity index is 1020. The maximum Gasteiger partial charge on any atom is 0.270 e. The highest BCUT2D eigenvalue weighted by Gasteiger charge is 2.22. The molecule has 0 atom stereocenters. The van der Waals surface area contributed by atoms with Gasteiger partial charge in [-0.1, -0.05) is 11.8 Å². The summed E-state index contributed by atoms with van der Waals surface area (Å²) in [7, 11) is 0. The van der Waals surface area contributed by atoms with Crippen molar-refractivity contribution < 1.29 is 9.59 Å². The van der Waals surface area contributed by atoms with Crippen molar-refractivity contribution in [3.8, 4) is 0 Å². The number of rotatable bonds is 5. The van der Waals surface area contributed by atoms with Crippen LogP contribution in [0, 0.1) is 13.8 Å². The van der Waals surface area contributed by atoms with Crippen LogP contribution in [0.15, 0.2) is 23.6 Å². The standard InChI is InChI=1S/C19H20N4O2S2/c1-11-12(2)27-18-16(11)17(21-10-22-18)26-9-15(24)13-7-14(20-8-13)19(25)23-5-3-4-6-23/h7-8,10,20H,3-6,9H2,1-2H3. The van der Waals surface area contributed by atoms with Crippen molar-refractivity contribution in [1.82, 2.24) is 19.9 Å². The molecule has 1 aliphatic heterocycles. The summed E-state index contributed by atoms with van der Waals surface area (Å²) in [5, 5.41) is 1.87. The van der Waals surface area contributed by atoms with Crippen LogP contribution in [0.2, 0.25) is 0 Å². The molecule has 4 rings (SSSR count). The molecule has 4 heterocycles. The lowest BCUT2D eigenvalue weighted by Gasteiger charge is -2.13. The fraction of sp³-hybridized carbons (Fsp3) is 0.368. The summed E-state index contributed by atoms with van der Waals surface area (Å²) < 4.78 is 0. The molecule has 1 fully saturated rings. The molecule has 1 aliphatic rings. The van der Waals surface area contributed by atoms with E-state index in [2.05, 4.69) is 28.8 Å². The fourth-order valence-electron chi connectivity index (χ4n) is 3.25. The van der Waals surface area contributed by atoms with Gasteiger partial charge in [0.1, 0.15) is 21.9 Å². The lowest BCUT2D eigenvalue weighted by Crippen LogP contribution is -2.27. The van der Waals surface area contributed by atoms with Crippen molar-refractivity contribution in [2.45, 2.75) is 31.7 Å². The van der Waals surface area contributed by atoms with Crippen molar-refractivity contribution in [2.24, 2.45) is 0 Å². The molecular formula is C19H20N4O2S2. The van der Waals surface area contributed by atoms with Gasteiger partial charge in [0.15, 0.2) is 5.78 Å². The van der Waals surface area contributed by atoms with Gasteiger partial charge in [-0.05, 0) is 38.3 Å². The van der Waals surface area contributed by atoms with Gasteiger partial charge >= 0.3 is 0 Å². The molecule has 6 nitrogen and oxygen atoms in total. The maximum atomic E-state index is 12.6. The van der Waals surface area contributed by atoms with E-state index in [0.717, 1.165) is 41.2 Å². The van der Waals surface area contributed by atoms with Crippen molar-refractivity contribution in [2.75, 3.05) is 18.8 Å². The van der Waals surface area contributed by atoms with E-state index >= 15 is 0 Å². The number of aromatic amines is 1. The summed E-state index contributed by atoms with van der Waals surface area (Å²) in [5.41, 5.74) is 2.19. The van der Waals surface area contributed by atoms with Gasteiger partial charge < -0.3 is 9.88 Å². The zero-order chi connectivity index (χ0) is 19.0. The average molecular weight is 401 g/mol. The van der Waals surface area contributed by atoms with Crippen LogP contribution in [0.4, 0.5) is 0 Å². The van der Waals surface area contributed by atoms with Crippen molar-refractivity contribution in [1.29, 1.82) is 0 Å². The van der Waals surface area contributed by atoms with Crippen LogP contribution in [0.3, 0.4) is 0 Å². The van der Waals surface area contributed by atoms with Crippen LogP contribution < -0.4 is 0 Å². The first-order valence-electron chi connectivity index (χ1n) is 8.89. The summed E-state index contributed by atoms with van der Waals surface area (Å²) in [6.07, 6.45) is 5.27. The minimum atomic E-state index is -0.0268. The number of aryl methyl sites for hydroxylation is 2. The number of amides is 1. The van der Waals surface area contributed by atoms with E-state index in [1.807, 2.05) is 4.90 Å². The van der Waals surface area contributed by atoms with E-state index in [4.69, 9.17) is 0 Å². The summed E-state index contributed by atoms with van der Waals surface area (Å²) in [6, 6.07) is 1.67. The zero-order valence-electron chi connectivity index (χ0n) is 15.2. The highest BCUT2D eigenvalue weighted by atomic mass is 32.2. The second-order valence-corrected chi connectivity index (χ2v) is 8.82. The van der Waals surface area contributed by atoms with Crippen LogP contribution in [-0.2, 0) is 0 Å². The Morgan fingerprint density at radius 2 is 2.04 bits per heavy atom. The van der Waals surface area contributed by atoms with E-state index in [0.29, 0.717) is 11.3 Å². The number of carbonyl (C=O) groups is 2. The second-order valence-electron chi connectivity index (χ2n) is 6.66. The Morgan fingerprint density at radius 1 is 1.26 bits per heavy atom. The number of hydrogen-bond donors (Lipinski definition) is 1. The van der Waals surface area contributed by atoms with E-state index in [-0.39, 0.29) is 17.4 Å². The molecular weight excluding hydrogens is 380 g/mol. The van der Waals surface area contributed by atoms with Crippen molar-refractivity contribution in [3.63, 3.8) is 0 Å². The number of H-pyrrole nitrogens is 1. The first-order chi connectivity index (χ1) is 13.0. The minimum absolute atomic E-state index is 0.0203. The van der Waals surface area contributed by atoms with Gasteiger partial charge in [-0.15, -0.1) is 11.3 Å². The van der Waals surface area contributed by atoms with Gasteiger partial charge in [0.25, 0.3) is 5.91 Å². The molecule has 27 heavy (non-hydrogen) atoms. The highest BCUT2D eigenvalue weighted by molar-refractivity contribution is 8.00. The second kappa shape index (κ2) is 7.44. The van der Waals surface area contributed by atoms with Gasteiger partial charge in [-0.25, -0.2) is 9.97 Å². The number of likely N-dealkylation sites (tertiary alicyclic amines) is 1. The Balaban J connectivity index is 1.47. The van der Waals surface area contributed by atoms with E-state index < -0.39 is 0 Å². The number of nitrogens with zero attached hydrogens (tertiary/aromatic N) is 3. The molecule has 0 unspecified atom stereocenters. The smallest absolute Gasteiger partial charge is 0.270 e. The molecule has 1 N–H and O–H groups in total. The van der Waals surface area contributed by atoms with Crippen LogP contribution in [0.5, 0.6) is 0 Å². The quantitative estimate of drug-likeness (QED) is 0.400. The average Bonchev–Trinajstić information content (AvgIpc) is 3.41. The Morgan fingerprint density at radius 3 is 2.81 bits per heavy atom. The predicted octanol–water partition coefficient (Wildman–Crippen LogP) is 3.85. The Hall–Kier alpha value is -2.19. The first kappa shape index (κ1) is 18.2. The van der Waals surface area contributed by atoms with Gasteiger partial charge in [-0.3, -0.25) is 9.59 Å². The summed E-state index contributed by atoms with van der Waals surface area (Å²) in [4.78, 5) is 40.7. The molecule has 3 aromatic rings. The molecule has 8 heteroatoms. The SMILES string of the molecule is Cc1sc2ncnc(SCC(=O)c3c[nH]c(C(=O)N4CCCC4)c3)c2c1C. The van der Waals surface area contributed by atoms with Gasteiger partial charge in [0.05, 0.1) is 5.75 Å². The third-order valence-corrected chi connectivity index (χ3v) is 7.00. The van der Waals surface area contributed by atoms with Crippen molar-refractivity contribution in [3.05, 3.63) is 40.3 Å². The van der Waals surface area contributed by atoms with Crippen LogP contribution in [0.25, 0.3) is 10.2 Å². The summed E-state index contributed by atoms with van der Waals surface area (Å²) in [5.74, 6) is 0.226. The lowest BCUT2D eigenvalue weighted by atomic mass is 10.2. The van der Waals surface area contributed by atoms with Gasteiger partial charge in [-0.2, -0.15) is 0 Å². The normalized spacial score (nSPS) is 14.2. The highest BCUT2D eigenvalue weighted by Crippen LogP contribution is 2.34. The number of ketones is 1. The molecule has 140 valence electrons. The number of fused-ring (bicyclic) bond motifs is 1. The first-order valence-corrected chi connectivity index (χ1v) is 10.7. The number of thioether (sulfide) groups is 1. The summed E-state index contributed by atoms with van der Waals surface area (Å²) >= 11 is 3.07. The molecule has 0 saturated carbocycles. The Kier molecular flexibility index (Phi) is 5.01. The van der Waals surface area contributed by atoms with E-state index in [1.165, 1.54) is 22.2 Å². The monoisotopic (exact) mass is 400 g/mol. The molecule has 0 radical (unpaired) electrons. The van der Waals surface area contributed by atoms with Gasteiger partial charge in [0, 0.05) is 35.1 Å². The van der Waals surface area contributed by atoms with E-state index in [9.17, 15) is 9.59 Å². The van der Waals surface area contributed by atoms with Gasteiger partial charge in [0.2, 0.25) is 0 Å². The number of nitrogens with one attached hydrogen (secondary N) is 1. The maximum absolute atomic E-state index is 12.6. The largest absolute Gasteiger partial charge is 0.356 e. The fourth-order valence-corrected chi connectivity index (χ4v) is 5.26. The zero-order valence-corrected chi connectivity index (χ0v) is 16.9. The minimum Gasteiger partial charge on any atom is -0.356 e. The molecule has 0 aromatic carbocycles. The Labute approximate surface area is 165 Å². The molecule has 1 amide bonds. The van der Waals surface area contributed by atoms with Crippen LogP contribution >= 0.6 is 23.1 Å². The summed E-state index contributed by atoms with van der Waals surface area (Å²) in [6.45, 7) is 5.71. The molecule has 0 aliphatic carbocycles. The molecule has 0 spiro atoms. The number of hydrogen-bond acceptors (Lipinski definition) is 6. The van der Waals surface area contributed by atoms with Crippen LogP contribution in [-0.4, -0.2) is 50.4 Å². The molecule has 1 saturated heterocycles. The van der Waals surface area contributed by atoms with Crippen LogP contribution in [0.1, 0.15) is 44.1 Å². The number of thiophene rings is 1. The molecule has 3 aromatic heterocycles. The third-order valence-electron chi connectivity index (χ3n) is 4.90. The topological polar surface area (TPSA) is 79.0 Å². The predicted molar refractivity (Wildman–Crippen MR) is 108 cm³/mol. The van der Waals surface area contributed by atoms with E-state index in [1.54, 1.807) is 29.9 Å². The number of aromatic nitrogens is 3. The van der Waals surface area contributed by atoms with Crippen molar-refractivity contribution >= 4 is 45.0 Å². The third kappa shape index (κ3) is 3.51.